The lowest BCUT2D eigenvalue weighted by atomic mass is 10.2. The van der Waals surface area contributed by atoms with Crippen molar-refractivity contribution < 1.29 is 14.8 Å². The Morgan fingerprint density at radius 1 is 1.38 bits per heavy atom. The molecule has 2 N–H and O–H groups in total. The first-order chi connectivity index (χ1) is 10.1. The minimum Gasteiger partial charge on any atom is -0.478 e. The number of nitrogens with one attached hydrogen (secondary N) is 1. The lowest BCUT2D eigenvalue weighted by Gasteiger charge is -2.06. The number of carboxylic acids is 1. The maximum Gasteiger partial charge on any atom is 0.339 e. The third-order valence-corrected chi connectivity index (χ3v) is 2.77. The van der Waals surface area contributed by atoms with Crippen molar-refractivity contribution in [3.63, 3.8) is 0 Å². The summed E-state index contributed by atoms with van der Waals surface area (Å²) in [5, 5.41) is 22.7. The maximum absolute atomic E-state index is 11.0. The van der Waals surface area contributed by atoms with Gasteiger partial charge in [-0.25, -0.2) is 14.8 Å². The standard InChI is InChI=1S/C13H12N4O4/c18-13(19)11-6-15-8-16-12(11)7-14-5-9-2-1-3-10(4-9)17(20)21/h1-4,6,8,14H,5,7H2,(H,18,19). The molecule has 108 valence electrons. The van der Waals surface area contributed by atoms with E-state index in [-0.39, 0.29) is 17.8 Å². The molecular weight excluding hydrogens is 276 g/mol. The van der Waals surface area contributed by atoms with Gasteiger partial charge < -0.3 is 10.4 Å². The van der Waals surface area contributed by atoms with Crippen molar-refractivity contribution in [3.05, 3.63) is 63.7 Å². The number of carboxylic acid groups (broad SMARTS) is 1. The Bertz CT molecular complexity index is 675. The van der Waals surface area contributed by atoms with E-state index in [9.17, 15) is 14.9 Å². The van der Waals surface area contributed by atoms with Crippen molar-refractivity contribution in [2.45, 2.75) is 13.1 Å². The van der Waals surface area contributed by atoms with Crippen molar-refractivity contribution in [3.8, 4) is 0 Å². The van der Waals surface area contributed by atoms with E-state index in [0.29, 0.717) is 12.2 Å². The molecule has 0 aliphatic rings. The molecule has 2 aromatic rings. The number of nitro benzene ring substituents is 1. The molecule has 0 unspecified atom stereocenters. The first-order valence-electron chi connectivity index (χ1n) is 6.04. The molecule has 0 saturated carbocycles. The average Bonchev–Trinajstić information content (AvgIpc) is 2.48. The molecule has 2 rings (SSSR count). The number of aromatic carboxylic acids is 1. The summed E-state index contributed by atoms with van der Waals surface area (Å²) in [6, 6.07) is 6.22. The highest BCUT2D eigenvalue weighted by Crippen LogP contribution is 2.13. The fourth-order valence-electron chi connectivity index (χ4n) is 1.78. The molecule has 0 saturated heterocycles. The van der Waals surface area contributed by atoms with Crippen LogP contribution in [0.1, 0.15) is 21.6 Å². The van der Waals surface area contributed by atoms with Gasteiger partial charge in [-0.3, -0.25) is 10.1 Å². The highest BCUT2D eigenvalue weighted by atomic mass is 16.6. The van der Waals surface area contributed by atoms with Crippen LogP contribution in [0.3, 0.4) is 0 Å². The van der Waals surface area contributed by atoms with Crippen LogP contribution in [0.4, 0.5) is 5.69 Å². The SMILES string of the molecule is O=C(O)c1cncnc1CNCc1cccc([N+](=O)[O-])c1. The summed E-state index contributed by atoms with van der Waals surface area (Å²) in [7, 11) is 0. The molecular formula is C13H12N4O4. The van der Waals surface area contributed by atoms with Crippen LogP contribution < -0.4 is 5.32 Å². The number of hydrogen-bond acceptors (Lipinski definition) is 6. The zero-order valence-electron chi connectivity index (χ0n) is 10.9. The summed E-state index contributed by atoms with van der Waals surface area (Å²) in [6.45, 7) is 0.595. The van der Waals surface area contributed by atoms with Gasteiger partial charge in [-0.05, 0) is 5.56 Å². The summed E-state index contributed by atoms with van der Waals surface area (Å²) < 4.78 is 0. The second-order valence-corrected chi connectivity index (χ2v) is 4.22. The number of aromatic nitrogens is 2. The number of non-ortho nitro benzene ring substituents is 1. The van der Waals surface area contributed by atoms with Gasteiger partial charge in [0.2, 0.25) is 0 Å². The summed E-state index contributed by atoms with van der Waals surface area (Å²) in [5.74, 6) is -1.09. The third-order valence-electron chi connectivity index (χ3n) is 2.77. The van der Waals surface area contributed by atoms with E-state index in [1.165, 1.54) is 24.7 Å². The molecule has 8 heteroatoms. The number of nitrogens with zero attached hydrogens (tertiary/aromatic N) is 3. The summed E-state index contributed by atoms with van der Waals surface area (Å²) in [6.07, 6.45) is 2.51. The number of nitro groups is 1. The monoisotopic (exact) mass is 288 g/mol. The van der Waals surface area contributed by atoms with Crippen LogP contribution in [0, 0.1) is 10.1 Å². The van der Waals surface area contributed by atoms with E-state index in [0.717, 1.165) is 5.56 Å². The number of rotatable bonds is 6. The van der Waals surface area contributed by atoms with Gasteiger partial charge in [0, 0.05) is 31.4 Å². The average molecular weight is 288 g/mol. The fraction of sp³-hybridized carbons (Fsp3) is 0.154. The molecule has 1 aromatic carbocycles. The molecule has 0 radical (unpaired) electrons. The van der Waals surface area contributed by atoms with Crippen LogP contribution in [0.5, 0.6) is 0 Å². The van der Waals surface area contributed by atoms with Crippen LogP contribution in [-0.2, 0) is 13.1 Å². The highest BCUT2D eigenvalue weighted by Gasteiger charge is 2.11. The van der Waals surface area contributed by atoms with Gasteiger partial charge in [-0.1, -0.05) is 12.1 Å². The van der Waals surface area contributed by atoms with Crippen molar-refractivity contribution in [1.29, 1.82) is 0 Å². The predicted octanol–water partition coefficient (Wildman–Crippen LogP) is 1.37. The summed E-state index contributed by atoms with van der Waals surface area (Å²) in [4.78, 5) is 28.8. The molecule has 0 amide bonds. The largest absolute Gasteiger partial charge is 0.478 e. The lowest BCUT2D eigenvalue weighted by Crippen LogP contribution is -2.17. The van der Waals surface area contributed by atoms with Gasteiger partial charge >= 0.3 is 5.97 Å². The van der Waals surface area contributed by atoms with Crippen LogP contribution in [0.25, 0.3) is 0 Å². The molecule has 0 aliphatic heterocycles. The second-order valence-electron chi connectivity index (χ2n) is 4.22. The van der Waals surface area contributed by atoms with Crippen molar-refractivity contribution in [2.24, 2.45) is 0 Å². The topological polar surface area (TPSA) is 118 Å². The third kappa shape index (κ3) is 3.80. The normalized spacial score (nSPS) is 10.3. The summed E-state index contributed by atoms with van der Waals surface area (Å²) >= 11 is 0. The lowest BCUT2D eigenvalue weighted by molar-refractivity contribution is -0.384. The van der Waals surface area contributed by atoms with Gasteiger partial charge in [0.25, 0.3) is 5.69 Å². The Morgan fingerprint density at radius 2 is 2.19 bits per heavy atom. The van der Waals surface area contributed by atoms with Crippen LogP contribution in [0.15, 0.2) is 36.8 Å². The van der Waals surface area contributed by atoms with E-state index < -0.39 is 10.9 Å². The van der Waals surface area contributed by atoms with Gasteiger partial charge in [-0.15, -0.1) is 0 Å². The van der Waals surface area contributed by atoms with E-state index >= 15 is 0 Å². The maximum atomic E-state index is 11.0. The van der Waals surface area contributed by atoms with E-state index in [1.807, 2.05) is 0 Å². The van der Waals surface area contributed by atoms with Gasteiger partial charge in [-0.2, -0.15) is 0 Å². The highest BCUT2D eigenvalue weighted by molar-refractivity contribution is 5.88. The molecule has 8 nitrogen and oxygen atoms in total. The van der Waals surface area contributed by atoms with Crippen LogP contribution in [0.2, 0.25) is 0 Å². The second kappa shape index (κ2) is 6.53. The summed E-state index contributed by atoms with van der Waals surface area (Å²) in [5.41, 5.74) is 1.14. The van der Waals surface area contributed by atoms with Crippen molar-refractivity contribution in [1.82, 2.24) is 15.3 Å². The molecule has 0 spiro atoms. The van der Waals surface area contributed by atoms with Crippen LogP contribution >= 0.6 is 0 Å². The molecule has 0 aliphatic carbocycles. The quantitative estimate of drug-likeness (QED) is 0.608. The van der Waals surface area contributed by atoms with Crippen molar-refractivity contribution >= 4 is 11.7 Å². The van der Waals surface area contributed by atoms with Gasteiger partial charge in [0.15, 0.2) is 0 Å². The van der Waals surface area contributed by atoms with E-state index in [4.69, 9.17) is 5.11 Å². The zero-order valence-corrected chi connectivity index (χ0v) is 10.9. The number of benzene rings is 1. The Kier molecular flexibility index (Phi) is 4.52. The predicted molar refractivity (Wildman–Crippen MR) is 72.6 cm³/mol. The van der Waals surface area contributed by atoms with Gasteiger partial charge in [0.05, 0.1) is 10.6 Å². The minimum absolute atomic E-state index is 0.0163. The van der Waals surface area contributed by atoms with E-state index in [2.05, 4.69) is 15.3 Å². The number of carbonyl (C=O) groups is 1. The molecule has 1 heterocycles. The Morgan fingerprint density at radius 3 is 2.90 bits per heavy atom. The van der Waals surface area contributed by atoms with Crippen molar-refractivity contribution in [2.75, 3.05) is 0 Å². The molecule has 21 heavy (non-hydrogen) atoms. The van der Waals surface area contributed by atoms with Gasteiger partial charge in [0.1, 0.15) is 11.9 Å². The molecule has 0 fully saturated rings. The Labute approximate surface area is 119 Å². The number of hydrogen-bond donors (Lipinski definition) is 2. The van der Waals surface area contributed by atoms with E-state index in [1.54, 1.807) is 12.1 Å². The Hall–Kier alpha value is -2.87. The zero-order chi connectivity index (χ0) is 15.2. The molecule has 0 atom stereocenters. The first-order valence-corrected chi connectivity index (χ1v) is 6.04. The molecule has 0 bridgehead atoms. The van der Waals surface area contributed by atoms with Crippen LogP contribution in [-0.4, -0.2) is 26.0 Å². The Balaban J connectivity index is 2.00. The minimum atomic E-state index is -1.09. The first kappa shape index (κ1) is 14.5. The smallest absolute Gasteiger partial charge is 0.339 e. The fourth-order valence-corrected chi connectivity index (χ4v) is 1.78. The molecule has 1 aromatic heterocycles.